The SMILES string of the molecule is Cc1ccc(F)cc1S(=O)(=O)NC[C@H](O)CN1CC(C)CC1C. The number of benzene rings is 1. The largest absolute Gasteiger partial charge is 0.390 e. The maximum absolute atomic E-state index is 13.3. The molecule has 0 saturated carbocycles. The third kappa shape index (κ3) is 4.73. The minimum atomic E-state index is -3.83. The summed E-state index contributed by atoms with van der Waals surface area (Å²) in [7, 11) is -3.83. The summed E-state index contributed by atoms with van der Waals surface area (Å²) in [4.78, 5) is 2.07. The van der Waals surface area contributed by atoms with Crippen LogP contribution in [0.15, 0.2) is 23.1 Å². The number of aliphatic hydroxyl groups is 1. The van der Waals surface area contributed by atoms with Crippen molar-refractivity contribution in [2.24, 2.45) is 5.92 Å². The van der Waals surface area contributed by atoms with Crippen molar-refractivity contribution in [1.82, 2.24) is 9.62 Å². The second-order valence-electron chi connectivity index (χ2n) is 6.56. The standard InChI is InChI=1S/C16H25FN2O3S/c1-11-6-13(3)19(9-11)10-15(20)8-18-23(21,22)16-7-14(17)5-4-12(16)2/h4-5,7,11,13,15,18,20H,6,8-10H2,1-3H3/t11?,13?,15-/m0/s1. The van der Waals surface area contributed by atoms with Crippen molar-refractivity contribution >= 4 is 10.0 Å². The Morgan fingerprint density at radius 2 is 2.13 bits per heavy atom. The second kappa shape index (κ2) is 7.25. The lowest BCUT2D eigenvalue weighted by molar-refractivity contribution is 0.111. The number of likely N-dealkylation sites (tertiary alicyclic amines) is 1. The summed E-state index contributed by atoms with van der Waals surface area (Å²) in [6, 6.07) is 4.03. The average molecular weight is 344 g/mol. The number of aryl methyl sites for hydroxylation is 1. The average Bonchev–Trinajstić information content (AvgIpc) is 2.77. The zero-order valence-electron chi connectivity index (χ0n) is 13.8. The van der Waals surface area contributed by atoms with Crippen LogP contribution >= 0.6 is 0 Å². The van der Waals surface area contributed by atoms with Gasteiger partial charge in [0.1, 0.15) is 5.82 Å². The molecule has 1 saturated heterocycles. The van der Waals surface area contributed by atoms with Gasteiger partial charge in [-0.25, -0.2) is 17.5 Å². The zero-order chi connectivity index (χ0) is 17.2. The number of hydrogen-bond acceptors (Lipinski definition) is 4. The zero-order valence-corrected chi connectivity index (χ0v) is 14.6. The van der Waals surface area contributed by atoms with E-state index in [0.717, 1.165) is 19.0 Å². The molecule has 1 aromatic carbocycles. The smallest absolute Gasteiger partial charge is 0.241 e. The van der Waals surface area contributed by atoms with Crippen molar-refractivity contribution < 1.29 is 17.9 Å². The molecule has 0 amide bonds. The first kappa shape index (κ1) is 18.3. The minimum Gasteiger partial charge on any atom is -0.390 e. The summed E-state index contributed by atoms with van der Waals surface area (Å²) in [5.41, 5.74) is 0.468. The van der Waals surface area contributed by atoms with Gasteiger partial charge in [0.15, 0.2) is 0 Å². The third-order valence-electron chi connectivity index (χ3n) is 4.31. The van der Waals surface area contributed by atoms with Crippen LogP contribution in [-0.4, -0.2) is 50.2 Å². The predicted octanol–water partition coefficient (Wildman–Crippen LogP) is 1.50. The summed E-state index contributed by atoms with van der Waals surface area (Å²) in [5, 5.41) is 10.1. The second-order valence-corrected chi connectivity index (χ2v) is 8.29. The number of halogens is 1. The molecule has 0 spiro atoms. The quantitative estimate of drug-likeness (QED) is 0.821. The van der Waals surface area contributed by atoms with Crippen molar-refractivity contribution in [2.75, 3.05) is 19.6 Å². The molecule has 2 rings (SSSR count). The Labute approximate surface area is 137 Å². The number of β-amino-alcohol motifs (C(OH)–C–C–N with tert-alkyl or cyclic N) is 1. The van der Waals surface area contributed by atoms with Crippen molar-refractivity contribution in [3.05, 3.63) is 29.6 Å². The van der Waals surface area contributed by atoms with Crippen LogP contribution in [0.25, 0.3) is 0 Å². The molecule has 7 heteroatoms. The molecule has 0 aliphatic carbocycles. The van der Waals surface area contributed by atoms with Gasteiger partial charge in [0, 0.05) is 25.7 Å². The predicted molar refractivity (Wildman–Crippen MR) is 87.1 cm³/mol. The Balaban J connectivity index is 1.95. The van der Waals surface area contributed by atoms with Gasteiger partial charge >= 0.3 is 0 Å². The molecule has 0 bridgehead atoms. The molecular formula is C16H25FN2O3S. The topological polar surface area (TPSA) is 69.6 Å². The molecule has 5 nitrogen and oxygen atoms in total. The lowest BCUT2D eigenvalue weighted by Gasteiger charge is -2.24. The molecule has 0 aromatic heterocycles. The first-order chi connectivity index (χ1) is 10.7. The van der Waals surface area contributed by atoms with Crippen LogP contribution in [0.3, 0.4) is 0 Å². The fraction of sp³-hybridized carbons (Fsp3) is 0.625. The highest BCUT2D eigenvalue weighted by Gasteiger charge is 2.28. The highest BCUT2D eigenvalue weighted by Crippen LogP contribution is 2.22. The van der Waals surface area contributed by atoms with Gasteiger partial charge in [-0.2, -0.15) is 0 Å². The van der Waals surface area contributed by atoms with Crippen molar-refractivity contribution in [2.45, 2.75) is 44.2 Å². The number of nitrogens with zero attached hydrogens (tertiary/aromatic N) is 1. The fourth-order valence-corrected chi connectivity index (χ4v) is 4.45. The molecule has 3 atom stereocenters. The van der Waals surface area contributed by atoms with Gasteiger partial charge in [0.25, 0.3) is 0 Å². The highest BCUT2D eigenvalue weighted by molar-refractivity contribution is 7.89. The van der Waals surface area contributed by atoms with Crippen LogP contribution in [0.4, 0.5) is 4.39 Å². The number of sulfonamides is 1. The van der Waals surface area contributed by atoms with Crippen molar-refractivity contribution in [1.29, 1.82) is 0 Å². The van der Waals surface area contributed by atoms with E-state index in [9.17, 15) is 17.9 Å². The molecule has 23 heavy (non-hydrogen) atoms. The molecule has 1 fully saturated rings. The molecular weight excluding hydrogens is 319 g/mol. The van der Waals surface area contributed by atoms with Gasteiger partial charge in [-0.1, -0.05) is 13.0 Å². The molecule has 1 aromatic rings. The lowest BCUT2D eigenvalue weighted by Crippen LogP contribution is -2.41. The molecule has 2 N–H and O–H groups in total. The summed E-state index contributed by atoms with van der Waals surface area (Å²) in [6.07, 6.45) is 0.285. The Hall–Kier alpha value is -1.02. The summed E-state index contributed by atoms with van der Waals surface area (Å²) >= 11 is 0. The van der Waals surface area contributed by atoms with E-state index in [0.29, 0.717) is 24.1 Å². The summed E-state index contributed by atoms with van der Waals surface area (Å²) in [5.74, 6) is -0.0137. The van der Waals surface area contributed by atoms with E-state index in [-0.39, 0.29) is 11.4 Å². The van der Waals surface area contributed by atoms with E-state index < -0.39 is 21.9 Å². The van der Waals surface area contributed by atoms with Gasteiger partial charge in [-0.15, -0.1) is 0 Å². The van der Waals surface area contributed by atoms with Crippen LogP contribution in [0, 0.1) is 18.7 Å². The molecule has 130 valence electrons. The van der Waals surface area contributed by atoms with E-state index in [1.54, 1.807) is 6.92 Å². The number of rotatable bonds is 6. The van der Waals surface area contributed by atoms with E-state index in [2.05, 4.69) is 23.5 Å². The van der Waals surface area contributed by atoms with Gasteiger partial charge in [0.2, 0.25) is 10.0 Å². The fourth-order valence-electron chi connectivity index (χ4n) is 3.12. The minimum absolute atomic E-state index is 0.0874. The first-order valence-electron chi connectivity index (χ1n) is 7.87. The van der Waals surface area contributed by atoms with Gasteiger partial charge in [-0.05, 0) is 43.9 Å². The van der Waals surface area contributed by atoms with Crippen LogP contribution in [0.5, 0.6) is 0 Å². The number of hydrogen-bond donors (Lipinski definition) is 2. The first-order valence-corrected chi connectivity index (χ1v) is 9.35. The maximum atomic E-state index is 13.3. The Kier molecular flexibility index (Phi) is 5.78. The van der Waals surface area contributed by atoms with Crippen molar-refractivity contribution in [3.63, 3.8) is 0 Å². The molecule has 1 aliphatic heterocycles. The van der Waals surface area contributed by atoms with Gasteiger partial charge < -0.3 is 5.11 Å². The van der Waals surface area contributed by atoms with Crippen LogP contribution in [0.1, 0.15) is 25.8 Å². The number of nitrogens with one attached hydrogen (secondary N) is 1. The molecule has 0 radical (unpaired) electrons. The van der Waals surface area contributed by atoms with Gasteiger partial charge in [-0.3, -0.25) is 4.90 Å². The lowest BCUT2D eigenvalue weighted by atomic mass is 10.1. The monoisotopic (exact) mass is 344 g/mol. The Morgan fingerprint density at radius 1 is 1.43 bits per heavy atom. The third-order valence-corrected chi connectivity index (χ3v) is 5.87. The van der Waals surface area contributed by atoms with Crippen molar-refractivity contribution in [3.8, 4) is 0 Å². The molecule has 1 heterocycles. The van der Waals surface area contributed by atoms with Crippen LogP contribution < -0.4 is 4.72 Å². The number of aliphatic hydroxyl groups excluding tert-OH is 1. The van der Waals surface area contributed by atoms with E-state index in [1.165, 1.54) is 12.1 Å². The highest BCUT2D eigenvalue weighted by atomic mass is 32.2. The molecule has 2 unspecified atom stereocenters. The normalized spacial score (nSPS) is 24.0. The van der Waals surface area contributed by atoms with E-state index in [1.807, 2.05) is 0 Å². The van der Waals surface area contributed by atoms with E-state index in [4.69, 9.17) is 0 Å². The maximum Gasteiger partial charge on any atom is 0.241 e. The van der Waals surface area contributed by atoms with Gasteiger partial charge in [0.05, 0.1) is 11.0 Å². The summed E-state index contributed by atoms with van der Waals surface area (Å²) in [6.45, 7) is 7.13. The van der Waals surface area contributed by atoms with Crippen LogP contribution in [0.2, 0.25) is 0 Å². The Morgan fingerprint density at radius 3 is 2.74 bits per heavy atom. The van der Waals surface area contributed by atoms with E-state index >= 15 is 0 Å². The summed E-state index contributed by atoms with van der Waals surface area (Å²) < 4.78 is 40.2. The molecule has 1 aliphatic rings. The van der Waals surface area contributed by atoms with Crippen LogP contribution in [-0.2, 0) is 10.0 Å². The Bertz CT molecular complexity index is 651.